The molecule has 0 aromatic rings. The van der Waals surface area contributed by atoms with E-state index in [1.165, 1.54) is 56.9 Å². The van der Waals surface area contributed by atoms with Crippen molar-refractivity contribution in [1.29, 1.82) is 0 Å². The molecule has 6 nitrogen and oxygen atoms in total. The molecule has 4 rings (SSSR count). The zero-order chi connectivity index (χ0) is 27.5. The number of rotatable bonds is 10. The summed E-state index contributed by atoms with van der Waals surface area (Å²) in [5, 5.41) is 13.7. The molecule has 0 bridgehead atoms. The standard InChI is InChI=1S/C32H54N2O4/c1-21(2)8-6-9-22(3)26-12-13-27-25-11-10-23-20-24(38-30(37)34-19-7-18-33-29(35)36)14-16-31(23,4)28(25)15-17-32(26,27)5/h10,21-22,24-28,33H,6-9,11-20H2,1-5H3,(H,34,37)(H,35,36)/t22-,24+,25+,26-,27+,28+,31+,32-/m1/s1. The lowest BCUT2D eigenvalue weighted by Gasteiger charge is -2.58. The Labute approximate surface area is 231 Å². The van der Waals surface area contributed by atoms with Gasteiger partial charge in [0, 0.05) is 19.5 Å². The van der Waals surface area contributed by atoms with Crippen LogP contribution in [-0.4, -0.2) is 36.5 Å². The van der Waals surface area contributed by atoms with Gasteiger partial charge in [0.15, 0.2) is 0 Å². The lowest BCUT2D eigenvalue weighted by atomic mass is 9.47. The van der Waals surface area contributed by atoms with Crippen LogP contribution in [0.5, 0.6) is 0 Å². The van der Waals surface area contributed by atoms with Crippen LogP contribution in [0.3, 0.4) is 0 Å². The monoisotopic (exact) mass is 530 g/mol. The summed E-state index contributed by atoms with van der Waals surface area (Å²) in [6, 6.07) is 0. The van der Waals surface area contributed by atoms with Gasteiger partial charge in [0.2, 0.25) is 0 Å². The Hall–Kier alpha value is -1.72. The molecule has 0 aromatic heterocycles. The van der Waals surface area contributed by atoms with Crippen molar-refractivity contribution >= 4 is 12.2 Å². The van der Waals surface area contributed by atoms with Crippen molar-refractivity contribution < 1.29 is 19.4 Å². The van der Waals surface area contributed by atoms with Gasteiger partial charge in [-0.1, -0.05) is 65.5 Å². The van der Waals surface area contributed by atoms with E-state index < -0.39 is 6.09 Å². The highest BCUT2D eigenvalue weighted by Gasteiger charge is 2.59. The number of nitrogens with one attached hydrogen (secondary N) is 2. The van der Waals surface area contributed by atoms with Crippen molar-refractivity contribution in [2.24, 2.45) is 46.3 Å². The van der Waals surface area contributed by atoms with Gasteiger partial charge >= 0.3 is 12.2 Å². The number of fused-ring (bicyclic) bond motifs is 5. The normalized spacial score (nSPS) is 36.9. The van der Waals surface area contributed by atoms with Gasteiger partial charge in [0.05, 0.1) is 0 Å². The summed E-state index contributed by atoms with van der Waals surface area (Å²) < 4.78 is 5.79. The second-order valence-corrected chi connectivity index (χ2v) is 14.1. The lowest BCUT2D eigenvalue weighted by molar-refractivity contribution is -0.0581. The zero-order valence-electron chi connectivity index (χ0n) is 24.7. The van der Waals surface area contributed by atoms with Crippen LogP contribution >= 0.6 is 0 Å². The predicted octanol–water partition coefficient (Wildman–Crippen LogP) is 7.78. The van der Waals surface area contributed by atoms with E-state index in [0.717, 1.165) is 54.8 Å². The first-order valence-corrected chi connectivity index (χ1v) is 15.7. The summed E-state index contributed by atoms with van der Waals surface area (Å²) in [4.78, 5) is 22.9. The summed E-state index contributed by atoms with van der Waals surface area (Å²) in [6.07, 6.45) is 15.5. The van der Waals surface area contributed by atoms with Gasteiger partial charge < -0.3 is 20.5 Å². The summed E-state index contributed by atoms with van der Waals surface area (Å²) >= 11 is 0. The van der Waals surface area contributed by atoms with Crippen LogP contribution in [0.4, 0.5) is 9.59 Å². The van der Waals surface area contributed by atoms with Crippen molar-refractivity contribution in [2.75, 3.05) is 13.1 Å². The number of alkyl carbamates (subject to hydrolysis) is 1. The van der Waals surface area contributed by atoms with Crippen molar-refractivity contribution in [3.63, 3.8) is 0 Å². The van der Waals surface area contributed by atoms with E-state index in [4.69, 9.17) is 9.84 Å². The van der Waals surface area contributed by atoms with Crippen LogP contribution in [0.1, 0.15) is 112 Å². The molecule has 0 heterocycles. The van der Waals surface area contributed by atoms with Crippen molar-refractivity contribution in [1.82, 2.24) is 10.6 Å². The van der Waals surface area contributed by atoms with E-state index in [-0.39, 0.29) is 17.6 Å². The van der Waals surface area contributed by atoms with Crippen LogP contribution < -0.4 is 10.6 Å². The Kier molecular flexibility index (Phi) is 9.40. The smallest absolute Gasteiger partial charge is 0.407 e. The molecule has 216 valence electrons. The van der Waals surface area contributed by atoms with E-state index in [0.29, 0.717) is 24.9 Å². The first-order valence-electron chi connectivity index (χ1n) is 15.7. The van der Waals surface area contributed by atoms with E-state index in [1.807, 2.05) is 0 Å². The fourth-order valence-electron chi connectivity index (χ4n) is 9.42. The molecule has 8 atom stereocenters. The number of ether oxygens (including phenoxy) is 1. The van der Waals surface area contributed by atoms with Gasteiger partial charge in [0.1, 0.15) is 6.10 Å². The Morgan fingerprint density at radius 2 is 1.76 bits per heavy atom. The van der Waals surface area contributed by atoms with Gasteiger partial charge in [-0.25, -0.2) is 9.59 Å². The molecular formula is C32H54N2O4. The van der Waals surface area contributed by atoms with Gasteiger partial charge in [0.25, 0.3) is 0 Å². The molecule has 3 fully saturated rings. The Morgan fingerprint density at radius 3 is 2.50 bits per heavy atom. The van der Waals surface area contributed by atoms with Crippen molar-refractivity contribution in [3.05, 3.63) is 11.6 Å². The molecule has 0 aliphatic heterocycles. The molecule has 4 aliphatic carbocycles. The van der Waals surface area contributed by atoms with Crippen molar-refractivity contribution in [3.8, 4) is 0 Å². The fraction of sp³-hybridized carbons (Fsp3) is 0.875. The number of hydrogen-bond acceptors (Lipinski definition) is 3. The number of carbonyl (C=O) groups excluding carboxylic acids is 1. The van der Waals surface area contributed by atoms with Gasteiger partial charge in [-0.2, -0.15) is 0 Å². The maximum absolute atomic E-state index is 12.3. The lowest BCUT2D eigenvalue weighted by Crippen LogP contribution is -2.51. The minimum Gasteiger partial charge on any atom is -0.465 e. The number of hydrogen-bond donors (Lipinski definition) is 3. The second-order valence-electron chi connectivity index (χ2n) is 14.1. The summed E-state index contributed by atoms with van der Waals surface area (Å²) in [5.74, 6) is 5.00. The predicted molar refractivity (Wildman–Crippen MR) is 152 cm³/mol. The minimum atomic E-state index is -1.04. The average molecular weight is 531 g/mol. The molecule has 0 radical (unpaired) electrons. The van der Waals surface area contributed by atoms with Crippen LogP contribution in [0.25, 0.3) is 0 Å². The summed E-state index contributed by atoms with van der Waals surface area (Å²) in [7, 11) is 0. The van der Waals surface area contributed by atoms with E-state index >= 15 is 0 Å². The topological polar surface area (TPSA) is 87.7 Å². The average Bonchev–Trinajstić information content (AvgIpc) is 3.21. The van der Waals surface area contributed by atoms with Crippen LogP contribution in [0.2, 0.25) is 0 Å². The molecule has 2 amide bonds. The molecule has 4 aliphatic rings. The molecule has 0 spiro atoms. The second kappa shape index (κ2) is 12.2. The number of carbonyl (C=O) groups is 2. The van der Waals surface area contributed by atoms with E-state index in [2.05, 4.69) is 51.3 Å². The molecule has 3 N–H and O–H groups in total. The molecule has 38 heavy (non-hydrogen) atoms. The maximum atomic E-state index is 12.3. The molecule has 0 unspecified atom stereocenters. The number of amides is 2. The molecule has 3 saturated carbocycles. The van der Waals surface area contributed by atoms with Gasteiger partial charge in [-0.15, -0.1) is 0 Å². The van der Waals surface area contributed by atoms with E-state index in [1.54, 1.807) is 0 Å². The minimum absolute atomic E-state index is 0.0561. The summed E-state index contributed by atoms with van der Waals surface area (Å²) in [5.41, 5.74) is 2.30. The first kappa shape index (κ1) is 29.3. The van der Waals surface area contributed by atoms with Gasteiger partial charge in [-0.3, -0.25) is 0 Å². The highest BCUT2D eigenvalue weighted by atomic mass is 16.6. The third-order valence-corrected chi connectivity index (χ3v) is 11.4. The van der Waals surface area contributed by atoms with Crippen LogP contribution in [0.15, 0.2) is 11.6 Å². The van der Waals surface area contributed by atoms with E-state index in [9.17, 15) is 9.59 Å². The molecule has 0 aromatic carbocycles. The number of carboxylic acid groups (broad SMARTS) is 1. The summed E-state index contributed by atoms with van der Waals surface area (Å²) in [6.45, 7) is 13.2. The molecular weight excluding hydrogens is 476 g/mol. The third kappa shape index (κ3) is 6.20. The van der Waals surface area contributed by atoms with Crippen LogP contribution in [-0.2, 0) is 4.74 Å². The maximum Gasteiger partial charge on any atom is 0.407 e. The molecule has 0 saturated heterocycles. The van der Waals surface area contributed by atoms with Gasteiger partial charge in [-0.05, 0) is 97.7 Å². The third-order valence-electron chi connectivity index (χ3n) is 11.4. The zero-order valence-corrected chi connectivity index (χ0v) is 24.7. The van der Waals surface area contributed by atoms with Crippen molar-refractivity contribution in [2.45, 2.75) is 118 Å². The Bertz CT molecular complexity index is 872. The Balaban J connectivity index is 1.32. The SMILES string of the molecule is CC(C)CCC[C@@H](C)[C@H]1CC[C@H]2[C@@H]3CC=C4C[C@@H](OC(=O)NCCCNC(=O)O)CC[C@]4(C)[C@H]3CC[C@]12C. The number of allylic oxidation sites excluding steroid dienone is 1. The quantitative estimate of drug-likeness (QED) is 0.199. The highest BCUT2D eigenvalue weighted by molar-refractivity contribution is 5.67. The van der Waals surface area contributed by atoms with Crippen LogP contribution in [0, 0.1) is 46.3 Å². The highest BCUT2D eigenvalue weighted by Crippen LogP contribution is 2.67. The largest absolute Gasteiger partial charge is 0.465 e. The molecule has 6 heteroatoms. The fourth-order valence-corrected chi connectivity index (χ4v) is 9.42. The Morgan fingerprint density at radius 1 is 1.00 bits per heavy atom. The first-order chi connectivity index (χ1) is 18.0.